The molecular formula is C14H27NO. The molecule has 2 heteroatoms. The van der Waals surface area contributed by atoms with Crippen LogP contribution in [-0.4, -0.2) is 24.8 Å². The third-order valence-corrected chi connectivity index (χ3v) is 4.66. The second-order valence-corrected chi connectivity index (χ2v) is 6.00. The molecule has 2 nitrogen and oxygen atoms in total. The first kappa shape index (κ1) is 12.4. The lowest BCUT2D eigenvalue weighted by Crippen LogP contribution is -2.40. The van der Waals surface area contributed by atoms with Crippen LogP contribution in [0.3, 0.4) is 0 Å². The van der Waals surface area contributed by atoms with E-state index in [0.29, 0.717) is 6.61 Å². The first-order valence-electron chi connectivity index (χ1n) is 7.16. The minimum atomic E-state index is 0.219. The van der Waals surface area contributed by atoms with Crippen molar-refractivity contribution in [3.8, 4) is 0 Å². The summed E-state index contributed by atoms with van der Waals surface area (Å²) in [7, 11) is 0. The Morgan fingerprint density at radius 1 is 1.00 bits per heavy atom. The van der Waals surface area contributed by atoms with Crippen LogP contribution in [0.4, 0.5) is 0 Å². The summed E-state index contributed by atoms with van der Waals surface area (Å²) in [6.07, 6.45) is 12.1. The van der Waals surface area contributed by atoms with Gasteiger partial charge in [-0.15, -0.1) is 0 Å². The molecule has 0 aromatic rings. The van der Waals surface area contributed by atoms with Gasteiger partial charge in [-0.2, -0.15) is 0 Å². The maximum absolute atomic E-state index is 9.59. The lowest BCUT2D eigenvalue weighted by Gasteiger charge is -2.36. The van der Waals surface area contributed by atoms with E-state index in [1.165, 1.54) is 64.3 Å². The van der Waals surface area contributed by atoms with Gasteiger partial charge in [0, 0.05) is 18.6 Å². The summed E-state index contributed by atoms with van der Waals surface area (Å²) >= 11 is 0. The van der Waals surface area contributed by atoms with Crippen molar-refractivity contribution in [1.29, 1.82) is 0 Å². The van der Waals surface area contributed by atoms with Crippen molar-refractivity contribution in [3.63, 3.8) is 0 Å². The molecule has 0 heterocycles. The summed E-state index contributed by atoms with van der Waals surface area (Å²) in [5, 5.41) is 13.2. The Bertz CT molecular complexity index is 193. The molecule has 0 aliphatic heterocycles. The molecule has 0 aromatic heterocycles. The first-order chi connectivity index (χ1) is 7.85. The molecule has 2 N–H and O–H groups in total. The molecule has 2 saturated carbocycles. The number of hydrogen-bond donors (Lipinski definition) is 2. The Kier molecular flexibility index (Phi) is 4.66. The smallest absolute Gasteiger partial charge is 0.0499 e. The van der Waals surface area contributed by atoms with E-state index in [1.807, 2.05) is 0 Å². The molecule has 0 amide bonds. The third kappa shape index (κ3) is 3.21. The monoisotopic (exact) mass is 225 g/mol. The van der Waals surface area contributed by atoms with Crippen LogP contribution in [0.15, 0.2) is 0 Å². The number of rotatable bonds is 5. The van der Waals surface area contributed by atoms with E-state index in [-0.39, 0.29) is 5.41 Å². The number of hydrogen-bond acceptors (Lipinski definition) is 2. The standard InChI is InChI=1S/C14H27NO/c16-12-14(8-4-1-5-9-14)11-15-10-13-6-2-3-7-13/h13,15-16H,1-12H2. The fraction of sp³-hybridized carbons (Fsp3) is 1.00. The van der Waals surface area contributed by atoms with E-state index < -0.39 is 0 Å². The molecule has 0 bridgehead atoms. The van der Waals surface area contributed by atoms with E-state index in [2.05, 4.69) is 5.32 Å². The van der Waals surface area contributed by atoms with Gasteiger partial charge in [0.1, 0.15) is 0 Å². The van der Waals surface area contributed by atoms with Crippen molar-refractivity contribution >= 4 is 0 Å². The average molecular weight is 225 g/mol. The molecule has 94 valence electrons. The fourth-order valence-corrected chi connectivity index (χ4v) is 3.45. The largest absolute Gasteiger partial charge is 0.396 e. The van der Waals surface area contributed by atoms with E-state index in [4.69, 9.17) is 0 Å². The quantitative estimate of drug-likeness (QED) is 0.754. The maximum atomic E-state index is 9.59. The van der Waals surface area contributed by atoms with Crippen LogP contribution in [0, 0.1) is 11.3 Å². The molecule has 0 saturated heterocycles. The molecule has 0 unspecified atom stereocenters. The van der Waals surface area contributed by atoms with Crippen molar-refractivity contribution in [2.45, 2.75) is 57.8 Å². The van der Waals surface area contributed by atoms with Gasteiger partial charge in [-0.3, -0.25) is 0 Å². The highest BCUT2D eigenvalue weighted by Crippen LogP contribution is 2.35. The van der Waals surface area contributed by atoms with Crippen LogP contribution in [0.25, 0.3) is 0 Å². The Hall–Kier alpha value is -0.0800. The predicted molar refractivity (Wildman–Crippen MR) is 67.4 cm³/mol. The van der Waals surface area contributed by atoms with E-state index in [9.17, 15) is 5.11 Å². The second-order valence-electron chi connectivity index (χ2n) is 6.00. The predicted octanol–water partition coefficient (Wildman–Crippen LogP) is 2.71. The lowest BCUT2D eigenvalue weighted by atomic mass is 9.74. The summed E-state index contributed by atoms with van der Waals surface area (Å²) in [5.41, 5.74) is 0.219. The highest BCUT2D eigenvalue weighted by molar-refractivity contribution is 4.84. The molecule has 0 spiro atoms. The molecule has 0 radical (unpaired) electrons. The van der Waals surface area contributed by atoms with Crippen molar-refractivity contribution in [3.05, 3.63) is 0 Å². The zero-order chi connectivity index (χ0) is 11.3. The van der Waals surface area contributed by atoms with Gasteiger partial charge in [-0.1, -0.05) is 32.1 Å². The van der Waals surface area contributed by atoms with Crippen LogP contribution in [0.2, 0.25) is 0 Å². The molecule has 2 aliphatic rings. The highest BCUT2D eigenvalue weighted by atomic mass is 16.3. The summed E-state index contributed by atoms with van der Waals surface area (Å²) in [6, 6.07) is 0. The van der Waals surface area contributed by atoms with Crippen LogP contribution < -0.4 is 5.32 Å². The number of aliphatic hydroxyl groups is 1. The lowest BCUT2D eigenvalue weighted by molar-refractivity contribution is 0.0804. The molecular weight excluding hydrogens is 198 g/mol. The van der Waals surface area contributed by atoms with E-state index >= 15 is 0 Å². The van der Waals surface area contributed by atoms with Crippen LogP contribution in [0.1, 0.15) is 57.8 Å². The van der Waals surface area contributed by atoms with Gasteiger partial charge in [-0.05, 0) is 38.1 Å². The van der Waals surface area contributed by atoms with E-state index in [0.717, 1.165) is 12.5 Å². The molecule has 16 heavy (non-hydrogen) atoms. The summed E-state index contributed by atoms with van der Waals surface area (Å²) in [4.78, 5) is 0. The first-order valence-corrected chi connectivity index (χ1v) is 7.16. The Morgan fingerprint density at radius 3 is 2.31 bits per heavy atom. The molecule has 0 aromatic carbocycles. The van der Waals surface area contributed by atoms with Crippen molar-refractivity contribution in [2.75, 3.05) is 19.7 Å². The number of nitrogens with one attached hydrogen (secondary N) is 1. The zero-order valence-electron chi connectivity index (χ0n) is 10.5. The minimum Gasteiger partial charge on any atom is -0.396 e. The van der Waals surface area contributed by atoms with Gasteiger partial charge >= 0.3 is 0 Å². The van der Waals surface area contributed by atoms with Gasteiger partial charge in [0.25, 0.3) is 0 Å². The van der Waals surface area contributed by atoms with Crippen molar-refractivity contribution < 1.29 is 5.11 Å². The Labute approximate surface area is 99.8 Å². The highest BCUT2D eigenvalue weighted by Gasteiger charge is 2.31. The summed E-state index contributed by atoms with van der Waals surface area (Å²) in [5.74, 6) is 0.916. The second kappa shape index (κ2) is 6.02. The van der Waals surface area contributed by atoms with Crippen molar-refractivity contribution in [1.82, 2.24) is 5.32 Å². The molecule has 2 fully saturated rings. The van der Waals surface area contributed by atoms with Gasteiger partial charge in [0.2, 0.25) is 0 Å². The van der Waals surface area contributed by atoms with Crippen molar-refractivity contribution in [2.24, 2.45) is 11.3 Å². The molecule has 0 atom stereocenters. The zero-order valence-corrected chi connectivity index (χ0v) is 10.5. The van der Waals surface area contributed by atoms with Gasteiger partial charge in [-0.25, -0.2) is 0 Å². The van der Waals surface area contributed by atoms with Gasteiger partial charge in [0.15, 0.2) is 0 Å². The topological polar surface area (TPSA) is 32.3 Å². The third-order valence-electron chi connectivity index (χ3n) is 4.66. The Balaban J connectivity index is 1.69. The number of aliphatic hydroxyl groups excluding tert-OH is 1. The summed E-state index contributed by atoms with van der Waals surface area (Å²) < 4.78 is 0. The average Bonchev–Trinajstić information content (AvgIpc) is 2.83. The Morgan fingerprint density at radius 2 is 1.69 bits per heavy atom. The van der Waals surface area contributed by atoms with Gasteiger partial charge in [0.05, 0.1) is 0 Å². The summed E-state index contributed by atoms with van der Waals surface area (Å²) in [6.45, 7) is 2.60. The van der Waals surface area contributed by atoms with Crippen LogP contribution in [0.5, 0.6) is 0 Å². The minimum absolute atomic E-state index is 0.219. The van der Waals surface area contributed by atoms with Gasteiger partial charge < -0.3 is 10.4 Å². The maximum Gasteiger partial charge on any atom is 0.0499 e. The molecule has 2 aliphatic carbocycles. The van der Waals surface area contributed by atoms with Crippen LogP contribution >= 0.6 is 0 Å². The SMILES string of the molecule is OCC1(CNCC2CCCC2)CCCCC1. The normalized spacial score (nSPS) is 26.1. The fourth-order valence-electron chi connectivity index (χ4n) is 3.45. The van der Waals surface area contributed by atoms with E-state index in [1.54, 1.807) is 0 Å². The van der Waals surface area contributed by atoms with Crippen LogP contribution in [-0.2, 0) is 0 Å². The molecule has 2 rings (SSSR count).